The summed E-state index contributed by atoms with van der Waals surface area (Å²) in [6.45, 7) is 2.78. The summed E-state index contributed by atoms with van der Waals surface area (Å²) in [6.07, 6.45) is 0.646. The molecule has 1 fully saturated rings. The molecule has 0 aliphatic carbocycles. The minimum atomic E-state index is -0.848. The highest BCUT2D eigenvalue weighted by molar-refractivity contribution is 9.10. The third-order valence-corrected chi connectivity index (χ3v) is 3.94. The van der Waals surface area contributed by atoms with Crippen LogP contribution in [-0.2, 0) is 0 Å². The molecule has 1 heterocycles. The zero-order valence-electron chi connectivity index (χ0n) is 10.5. The Hall–Kier alpha value is -1.01. The van der Waals surface area contributed by atoms with Crippen LogP contribution >= 0.6 is 15.9 Å². The molecule has 6 heteroatoms. The van der Waals surface area contributed by atoms with Crippen molar-refractivity contribution < 1.29 is 13.6 Å². The first-order valence-electron chi connectivity index (χ1n) is 6.09. The molecule has 1 amide bonds. The summed E-state index contributed by atoms with van der Waals surface area (Å²) in [6, 6.07) is 2.22. The van der Waals surface area contributed by atoms with E-state index in [4.69, 9.17) is 5.73 Å². The van der Waals surface area contributed by atoms with Gasteiger partial charge in [0.05, 0.1) is 0 Å². The standard InChI is InChI=1S/C13H15BrF2N2O/c1-7-6-18(3-2-11(7)17)13(19)12-9(15)4-8(14)5-10(12)16/h4-5,7,11H,2-3,6,17H2,1H3. The third-order valence-electron chi connectivity index (χ3n) is 3.48. The highest BCUT2D eigenvalue weighted by atomic mass is 79.9. The van der Waals surface area contributed by atoms with Crippen molar-refractivity contribution >= 4 is 21.8 Å². The normalized spacial score (nSPS) is 23.5. The maximum Gasteiger partial charge on any atom is 0.259 e. The van der Waals surface area contributed by atoms with Gasteiger partial charge in [0.2, 0.25) is 0 Å². The number of benzene rings is 1. The van der Waals surface area contributed by atoms with Crippen LogP contribution in [-0.4, -0.2) is 29.9 Å². The lowest BCUT2D eigenvalue weighted by Crippen LogP contribution is -2.48. The summed E-state index contributed by atoms with van der Waals surface area (Å²) >= 11 is 2.99. The number of hydrogen-bond acceptors (Lipinski definition) is 2. The number of halogens is 3. The van der Waals surface area contributed by atoms with Gasteiger partial charge in [0.1, 0.15) is 17.2 Å². The summed E-state index contributed by atoms with van der Waals surface area (Å²) in [7, 11) is 0. The minimum absolute atomic E-state index is 0.0312. The zero-order chi connectivity index (χ0) is 14.2. The lowest BCUT2D eigenvalue weighted by molar-refractivity contribution is 0.0654. The molecule has 19 heavy (non-hydrogen) atoms. The molecule has 0 radical (unpaired) electrons. The number of amides is 1. The van der Waals surface area contributed by atoms with E-state index in [1.807, 2.05) is 6.92 Å². The van der Waals surface area contributed by atoms with Crippen LogP contribution in [0, 0.1) is 17.6 Å². The Bertz CT molecular complexity index is 486. The predicted octanol–water partition coefficient (Wildman–Crippen LogP) is 2.54. The van der Waals surface area contributed by atoms with E-state index in [9.17, 15) is 13.6 Å². The molecular formula is C13H15BrF2N2O. The van der Waals surface area contributed by atoms with E-state index >= 15 is 0 Å². The molecule has 0 saturated carbocycles. The molecule has 1 aliphatic rings. The van der Waals surface area contributed by atoms with Gasteiger partial charge in [0.25, 0.3) is 5.91 Å². The number of nitrogens with two attached hydrogens (primary N) is 1. The van der Waals surface area contributed by atoms with Crippen molar-refractivity contribution in [2.45, 2.75) is 19.4 Å². The Labute approximate surface area is 118 Å². The first kappa shape index (κ1) is 14.4. The lowest BCUT2D eigenvalue weighted by atomic mass is 9.94. The predicted molar refractivity (Wildman–Crippen MR) is 71.7 cm³/mol. The minimum Gasteiger partial charge on any atom is -0.338 e. The number of rotatable bonds is 1. The third kappa shape index (κ3) is 2.95. The smallest absolute Gasteiger partial charge is 0.259 e. The van der Waals surface area contributed by atoms with Crippen molar-refractivity contribution in [3.05, 3.63) is 33.8 Å². The molecule has 0 aromatic heterocycles. The fourth-order valence-corrected chi connectivity index (χ4v) is 2.65. The summed E-state index contributed by atoms with van der Waals surface area (Å²) in [5.74, 6) is -2.18. The van der Waals surface area contributed by atoms with Crippen LogP contribution in [0.15, 0.2) is 16.6 Å². The molecule has 1 aliphatic heterocycles. The zero-order valence-corrected chi connectivity index (χ0v) is 12.1. The second kappa shape index (κ2) is 5.54. The van der Waals surface area contributed by atoms with E-state index in [0.717, 1.165) is 12.1 Å². The van der Waals surface area contributed by atoms with E-state index in [1.165, 1.54) is 4.90 Å². The first-order valence-corrected chi connectivity index (χ1v) is 6.89. The van der Waals surface area contributed by atoms with Crippen molar-refractivity contribution in [2.75, 3.05) is 13.1 Å². The van der Waals surface area contributed by atoms with Crippen LogP contribution in [0.2, 0.25) is 0 Å². The Morgan fingerprint density at radius 2 is 2.00 bits per heavy atom. The molecular weight excluding hydrogens is 318 g/mol. The van der Waals surface area contributed by atoms with Gasteiger partial charge < -0.3 is 10.6 Å². The Morgan fingerprint density at radius 1 is 1.42 bits per heavy atom. The number of carbonyl (C=O) groups is 1. The molecule has 3 nitrogen and oxygen atoms in total. The topological polar surface area (TPSA) is 46.3 Å². The van der Waals surface area contributed by atoms with Gasteiger partial charge in [0, 0.05) is 23.6 Å². The highest BCUT2D eigenvalue weighted by Crippen LogP contribution is 2.23. The van der Waals surface area contributed by atoms with Gasteiger partial charge in [-0.1, -0.05) is 22.9 Å². The van der Waals surface area contributed by atoms with Gasteiger partial charge >= 0.3 is 0 Å². The van der Waals surface area contributed by atoms with Crippen molar-refractivity contribution in [1.82, 2.24) is 4.90 Å². The summed E-state index contributed by atoms with van der Waals surface area (Å²) in [5.41, 5.74) is 5.37. The van der Waals surface area contributed by atoms with Crippen LogP contribution in [0.5, 0.6) is 0 Å². The van der Waals surface area contributed by atoms with Gasteiger partial charge in [-0.15, -0.1) is 0 Å². The van der Waals surface area contributed by atoms with E-state index in [0.29, 0.717) is 19.5 Å². The molecule has 2 unspecified atom stereocenters. The fourth-order valence-electron chi connectivity index (χ4n) is 2.25. The second-order valence-corrected chi connectivity index (χ2v) is 5.84. The van der Waals surface area contributed by atoms with Gasteiger partial charge in [-0.2, -0.15) is 0 Å². The first-order chi connectivity index (χ1) is 8.90. The van der Waals surface area contributed by atoms with Crippen LogP contribution in [0.25, 0.3) is 0 Å². The van der Waals surface area contributed by atoms with Crippen LogP contribution in [0.4, 0.5) is 8.78 Å². The number of hydrogen-bond donors (Lipinski definition) is 1. The Morgan fingerprint density at radius 3 is 2.53 bits per heavy atom. The monoisotopic (exact) mass is 332 g/mol. The second-order valence-electron chi connectivity index (χ2n) is 4.93. The molecule has 2 N–H and O–H groups in total. The quantitative estimate of drug-likeness (QED) is 0.859. The van der Waals surface area contributed by atoms with E-state index < -0.39 is 23.1 Å². The molecule has 104 valence electrons. The summed E-state index contributed by atoms with van der Waals surface area (Å²) in [5, 5.41) is 0. The SMILES string of the molecule is CC1CN(C(=O)c2c(F)cc(Br)cc2F)CCC1N. The van der Waals surface area contributed by atoms with E-state index in [-0.39, 0.29) is 16.4 Å². The Kier molecular flexibility index (Phi) is 4.20. The van der Waals surface area contributed by atoms with E-state index in [1.54, 1.807) is 0 Å². The van der Waals surface area contributed by atoms with Crippen LogP contribution in [0.3, 0.4) is 0 Å². The molecule has 1 aromatic rings. The maximum absolute atomic E-state index is 13.7. The molecule has 0 bridgehead atoms. The van der Waals surface area contributed by atoms with E-state index in [2.05, 4.69) is 15.9 Å². The summed E-state index contributed by atoms with van der Waals surface area (Å²) < 4.78 is 27.8. The fraction of sp³-hybridized carbons (Fsp3) is 0.462. The van der Waals surface area contributed by atoms with Gasteiger partial charge in [-0.05, 0) is 24.5 Å². The van der Waals surface area contributed by atoms with Crippen LogP contribution in [0.1, 0.15) is 23.7 Å². The highest BCUT2D eigenvalue weighted by Gasteiger charge is 2.30. The number of nitrogens with zero attached hydrogens (tertiary/aromatic N) is 1. The number of piperidine rings is 1. The van der Waals surface area contributed by atoms with Crippen molar-refractivity contribution in [2.24, 2.45) is 11.7 Å². The Balaban J connectivity index is 2.25. The molecule has 1 saturated heterocycles. The summed E-state index contributed by atoms with van der Waals surface area (Å²) in [4.78, 5) is 13.7. The average molecular weight is 333 g/mol. The largest absolute Gasteiger partial charge is 0.338 e. The van der Waals surface area contributed by atoms with Gasteiger partial charge in [-0.25, -0.2) is 8.78 Å². The van der Waals surface area contributed by atoms with Crippen molar-refractivity contribution in [3.8, 4) is 0 Å². The van der Waals surface area contributed by atoms with Crippen molar-refractivity contribution in [1.29, 1.82) is 0 Å². The number of likely N-dealkylation sites (tertiary alicyclic amines) is 1. The molecule has 1 aromatic carbocycles. The lowest BCUT2D eigenvalue weighted by Gasteiger charge is -2.35. The molecule has 2 atom stereocenters. The van der Waals surface area contributed by atoms with Gasteiger partial charge in [-0.3, -0.25) is 4.79 Å². The maximum atomic E-state index is 13.7. The average Bonchev–Trinajstić information content (AvgIpc) is 2.31. The number of carbonyl (C=O) groups excluding carboxylic acids is 1. The van der Waals surface area contributed by atoms with Crippen LogP contribution < -0.4 is 5.73 Å². The molecule has 0 spiro atoms. The van der Waals surface area contributed by atoms with Gasteiger partial charge in [0.15, 0.2) is 0 Å². The molecule has 2 rings (SSSR count). The van der Waals surface area contributed by atoms with Crippen molar-refractivity contribution in [3.63, 3.8) is 0 Å².